The van der Waals surface area contributed by atoms with Crippen LogP contribution in [0.25, 0.3) is 0 Å². The van der Waals surface area contributed by atoms with Crippen LogP contribution in [-0.4, -0.2) is 35.3 Å². The minimum absolute atomic E-state index is 0.0197. The van der Waals surface area contributed by atoms with E-state index >= 15 is 0 Å². The third kappa shape index (κ3) is 3.20. The second-order valence-electron chi connectivity index (χ2n) is 3.37. The van der Waals surface area contributed by atoms with E-state index in [1.54, 1.807) is 19.0 Å². The number of alkyl halides is 3. The van der Waals surface area contributed by atoms with Gasteiger partial charge in [-0.05, 0) is 30.0 Å². The number of rotatable bonds is 3. The molecule has 0 N–H and O–H groups in total. The summed E-state index contributed by atoms with van der Waals surface area (Å²) in [5.74, 6) is 0. The zero-order valence-electron chi connectivity index (χ0n) is 8.35. The Hall–Kier alpha value is -0.560. The van der Waals surface area contributed by atoms with Gasteiger partial charge < -0.3 is 4.90 Å². The average Bonchev–Trinajstić information content (AvgIpc) is 2.42. The van der Waals surface area contributed by atoms with Gasteiger partial charge in [-0.1, -0.05) is 0 Å². The molecule has 7 heteroatoms. The maximum atomic E-state index is 12.6. The van der Waals surface area contributed by atoms with Gasteiger partial charge in [-0.15, -0.1) is 0 Å². The zero-order valence-corrected chi connectivity index (χ0v) is 9.93. The van der Waals surface area contributed by atoms with Crippen LogP contribution in [0.15, 0.2) is 10.7 Å². The van der Waals surface area contributed by atoms with Crippen molar-refractivity contribution in [2.45, 2.75) is 12.7 Å². The molecule has 3 nitrogen and oxygen atoms in total. The quantitative estimate of drug-likeness (QED) is 0.849. The predicted molar refractivity (Wildman–Crippen MR) is 53.5 cm³/mol. The molecule has 0 spiro atoms. The molecule has 0 aliphatic rings. The van der Waals surface area contributed by atoms with Crippen LogP contribution in [0.3, 0.4) is 0 Å². The average molecular weight is 286 g/mol. The summed E-state index contributed by atoms with van der Waals surface area (Å²) in [4.78, 5) is 1.80. The molecule has 0 amide bonds. The van der Waals surface area contributed by atoms with E-state index in [0.717, 1.165) is 4.68 Å². The first-order chi connectivity index (χ1) is 6.82. The molecule has 15 heavy (non-hydrogen) atoms. The van der Waals surface area contributed by atoms with Gasteiger partial charge in [0.05, 0.1) is 17.2 Å². The summed E-state index contributed by atoms with van der Waals surface area (Å²) < 4.78 is 38.6. The van der Waals surface area contributed by atoms with Crippen molar-refractivity contribution in [3.05, 3.63) is 16.4 Å². The molecule has 0 saturated carbocycles. The standard InChI is InChI=1S/C8H11BrF3N3/c1-14(2)3-4-15-7(8(10,11)12)6(9)5-13-15/h5H,3-4H2,1-2H3. The van der Waals surface area contributed by atoms with Crippen molar-refractivity contribution in [1.82, 2.24) is 14.7 Å². The van der Waals surface area contributed by atoms with Gasteiger partial charge in [-0.25, -0.2) is 0 Å². The van der Waals surface area contributed by atoms with E-state index < -0.39 is 11.9 Å². The lowest BCUT2D eigenvalue weighted by molar-refractivity contribution is -0.144. The van der Waals surface area contributed by atoms with Crippen LogP contribution in [0.1, 0.15) is 5.69 Å². The molecule has 0 aromatic carbocycles. The molecule has 0 atom stereocenters. The smallest absolute Gasteiger partial charge is 0.308 e. The third-order valence-corrected chi connectivity index (χ3v) is 2.40. The summed E-state index contributed by atoms with van der Waals surface area (Å²) >= 11 is 2.84. The van der Waals surface area contributed by atoms with E-state index in [4.69, 9.17) is 0 Å². The summed E-state index contributed by atoms with van der Waals surface area (Å²) in [6, 6.07) is 0. The maximum absolute atomic E-state index is 12.6. The number of hydrogen-bond donors (Lipinski definition) is 0. The summed E-state index contributed by atoms with van der Waals surface area (Å²) in [5.41, 5.74) is -0.732. The summed E-state index contributed by atoms with van der Waals surface area (Å²) in [6.07, 6.45) is -3.21. The van der Waals surface area contributed by atoms with Gasteiger partial charge in [0, 0.05) is 6.54 Å². The Bertz CT molecular complexity index is 332. The number of hydrogen-bond acceptors (Lipinski definition) is 2. The first-order valence-electron chi connectivity index (χ1n) is 4.25. The molecule has 86 valence electrons. The van der Waals surface area contributed by atoms with Crippen LogP contribution in [-0.2, 0) is 12.7 Å². The van der Waals surface area contributed by atoms with E-state index in [9.17, 15) is 13.2 Å². The molecule has 0 bridgehead atoms. The molecule has 0 saturated heterocycles. The predicted octanol–water partition coefficient (Wildman–Crippen LogP) is 2.23. The lowest BCUT2D eigenvalue weighted by atomic mass is 10.4. The Balaban J connectivity index is 2.89. The first-order valence-corrected chi connectivity index (χ1v) is 5.05. The highest BCUT2D eigenvalue weighted by Crippen LogP contribution is 2.34. The number of aromatic nitrogens is 2. The molecular weight excluding hydrogens is 275 g/mol. The van der Waals surface area contributed by atoms with Gasteiger partial charge in [0.1, 0.15) is 0 Å². The van der Waals surface area contributed by atoms with Crippen molar-refractivity contribution in [3.63, 3.8) is 0 Å². The monoisotopic (exact) mass is 285 g/mol. The van der Waals surface area contributed by atoms with Crippen molar-refractivity contribution < 1.29 is 13.2 Å². The second kappa shape index (κ2) is 4.52. The van der Waals surface area contributed by atoms with Crippen LogP contribution in [0.5, 0.6) is 0 Å². The lowest BCUT2D eigenvalue weighted by Crippen LogP contribution is -2.23. The first kappa shape index (κ1) is 12.5. The van der Waals surface area contributed by atoms with E-state index in [-0.39, 0.29) is 11.0 Å². The van der Waals surface area contributed by atoms with Crippen LogP contribution in [0, 0.1) is 0 Å². The van der Waals surface area contributed by atoms with Crippen molar-refractivity contribution in [3.8, 4) is 0 Å². The molecule has 0 fully saturated rings. The number of nitrogens with zero attached hydrogens (tertiary/aromatic N) is 3. The largest absolute Gasteiger partial charge is 0.434 e. The fourth-order valence-electron chi connectivity index (χ4n) is 1.11. The highest BCUT2D eigenvalue weighted by Gasteiger charge is 2.37. The van der Waals surface area contributed by atoms with Crippen molar-refractivity contribution >= 4 is 15.9 Å². The highest BCUT2D eigenvalue weighted by atomic mass is 79.9. The van der Waals surface area contributed by atoms with Gasteiger partial charge in [-0.2, -0.15) is 18.3 Å². The summed E-state index contributed by atoms with van der Waals surface area (Å²) in [6.45, 7) is 0.727. The normalized spacial score (nSPS) is 12.5. The van der Waals surface area contributed by atoms with Gasteiger partial charge in [0.25, 0.3) is 0 Å². The van der Waals surface area contributed by atoms with Crippen LogP contribution in [0.4, 0.5) is 13.2 Å². The third-order valence-electron chi connectivity index (χ3n) is 1.82. The zero-order chi connectivity index (χ0) is 11.6. The molecule has 0 aliphatic heterocycles. The fraction of sp³-hybridized carbons (Fsp3) is 0.625. The number of likely N-dealkylation sites (N-methyl/N-ethyl adjacent to an activating group) is 1. The molecule has 0 aliphatic carbocycles. The Morgan fingerprint density at radius 2 is 2.07 bits per heavy atom. The lowest BCUT2D eigenvalue weighted by Gasteiger charge is -2.13. The Labute approximate surface area is 94.0 Å². The number of halogens is 4. The van der Waals surface area contributed by atoms with Crippen molar-refractivity contribution in [1.29, 1.82) is 0 Å². The van der Waals surface area contributed by atoms with E-state index in [1.165, 1.54) is 6.20 Å². The Kier molecular flexibility index (Phi) is 3.77. The highest BCUT2D eigenvalue weighted by molar-refractivity contribution is 9.10. The molecule has 0 radical (unpaired) electrons. The van der Waals surface area contributed by atoms with Gasteiger partial charge >= 0.3 is 6.18 Å². The van der Waals surface area contributed by atoms with Crippen molar-refractivity contribution in [2.24, 2.45) is 0 Å². The van der Waals surface area contributed by atoms with E-state index in [0.29, 0.717) is 6.54 Å². The SMILES string of the molecule is CN(C)CCn1ncc(Br)c1C(F)(F)F. The Morgan fingerprint density at radius 1 is 1.47 bits per heavy atom. The summed E-state index contributed by atoms with van der Waals surface area (Å²) in [7, 11) is 3.59. The fourth-order valence-corrected chi connectivity index (χ4v) is 1.63. The van der Waals surface area contributed by atoms with E-state index in [2.05, 4.69) is 21.0 Å². The molecule has 1 heterocycles. The molecule has 1 rings (SSSR count). The van der Waals surface area contributed by atoms with Crippen molar-refractivity contribution in [2.75, 3.05) is 20.6 Å². The van der Waals surface area contributed by atoms with Crippen LogP contribution >= 0.6 is 15.9 Å². The Morgan fingerprint density at radius 3 is 2.53 bits per heavy atom. The van der Waals surface area contributed by atoms with Gasteiger partial charge in [-0.3, -0.25) is 4.68 Å². The van der Waals surface area contributed by atoms with Gasteiger partial charge in [0.15, 0.2) is 5.69 Å². The molecule has 0 unspecified atom stereocenters. The maximum Gasteiger partial charge on any atom is 0.434 e. The minimum atomic E-state index is -4.37. The van der Waals surface area contributed by atoms with Crippen LogP contribution in [0.2, 0.25) is 0 Å². The molecule has 1 aromatic heterocycles. The van der Waals surface area contributed by atoms with E-state index in [1.807, 2.05) is 0 Å². The second-order valence-corrected chi connectivity index (χ2v) is 4.22. The van der Waals surface area contributed by atoms with Gasteiger partial charge in [0.2, 0.25) is 0 Å². The molecular formula is C8H11BrF3N3. The topological polar surface area (TPSA) is 21.1 Å². The van der Waals surface area contributed by atoms with Crippen LogP contribution < -0.4 is 0 Å². The summed E-state index contributed by atoms with van der Waals surface area (Å²) in [5, 5.41) is 3.68. The minimum Gasteiger partial charge on any atom is -0.308 e. The molecule has 1 aromatic rings.